The van der Waals surface area contributed by atoms with Gasteiger partial charge in [-0.05, 0) is 42.0 Å². The van der Waals surface area contributed by atoms with Gasteiger partial charge in [0.15, 0.2) is 0 Å². The lowest BCUT2D eigenvalue weighted by atomic mass is 9.82. The molecule has 0 saturated heterocycles. The molecular weight excluding hydrogens is 491 g/mol. The maximum absolute atomic E-state index is 10.4. The Balaban J connectivity index is 1.63. The summed E-state index contributed by atoms with van der Waals surface area (Å²) in [6.45, 7) is 0. The molecule has 3 aromatic carbocycles. The van der Waals surface area contributed by atoms with Gasteiger partial charge in [0.2, 0.25) is 0 Å². The Morgan fingerprint density at radius 1 is 0.970 bits per heavy atom. The van der Waals surface area contributed by atoms with Gasteiger partial charge < -0.3 is 5.32 Å². The molecule has 0 bridgehead atoms. The summed E-state index contributed by atoms with van der Waals surface area (Å²) in [5.74, 6) is -0.162. The van der Waals surface area contributed by atoms with E-state index in [1.165, 1.54) is 11.8 Å². The zero-order valence-electron chi connectivity index (χ0n) is 16.9. The Bertz CT molecular complexity index is 1440. The summed E-state index contributed by atoms with van der Waals surface area (Å²) in [5, 5.41) is 25.8. The van der Waals surface area contributed by atoms with Crippen LogP contribution < -0.4 is 10.2 Å². The van der Waals surface area contributed by atoms with Gasteiger partial charge in [-0.15, -0.1) is 0 Å². The summed E-state index contributed by atoms with van der Waals surface area (Å²) in [5.41, 5.74) is 3.94. The molecule has 4 nitrogen and oxygen atoms in total. The molecule has 0 fully saturated rings. The Morgan fingerprint density at radius 3 is 2.48 bits per heavy atom. The molecule has 0 radical (unpaired) electrons. The number of anilines is 2. The van der Waals surface area contributed by atoms with E-state index in [1.54, 1.807) is 23.9 Å². The first-order valence-corrected chi connectivity index (χ1v) is 12.5. The number of nitrogens with zero attached hydrogens (tertiary/aromatic N) is 2. The molecule has 6 rings (SSSR count). The Morgan fingerprint density at radius 2 is 1.73 bits per heavy atom. The van der Waals surface area contributed by atoms with Crippen molar-refractivity contribution in [3.05, 3.63) is 104 Å². The number of hydrogen-bond acceptors (Lipinski definition) is 5. The van der Waals surface area contributed by atoms with E-state index in [-0.39, 0.29) is 0 Å². The number of hydrogen-bond donors (Lipinski definition) is 2. The number of para-hydroxylation sites is 2. The quantitative estimate of drug-likeness (QED) is 0.353. The normalized spacial score (nSPS) is 20.8. The summed E-state index contributed by atoms with van der Waals surface area (Å²) < 4.78 is 0. The SMILES string of the molecule is N#CC1=C2Sc3ccccc3N2C(=N)/C(=C2\Nc3ccccc3S2)[C@@H]1c1ccc(Cl)cc1Cl. The minimum Gasteiger partial charge on any atom is -0.349 e. The lowest BCUT2D eigenvalue weighted by Gasteiger charge is -2.35. The van der Waals surface area contributed by atoms with Crippen LogP contribution in [0.25, 0.3) is 0 Å². The lowest BCUT2D eigenvalue weighted by molar-refractivity contribution is 0.940. The number of rotatable bonds is 1. The first-order chi connectivity index (χ1) is 16.1. The van der Waals surface area contributed by atoms with Crippen LogP contribution in [0.4, 0.5) is 11.4 Å². The van der Waals surface area contributed by atoms with Crippen LogP contribution in [-0.4, -0.2) is 5.84 Å². The van der Waals surface area contributed by atoms with Gasteiger partial charge >= 0.3 is 0 Å². The zero-order valence-corrected chi connectivity index (χ0v) is 20.0. The van der Waals surface area contributed by atoms with E-state index in [2.05, 4.69) is 11.4 Å². The van der Waals surface area contributed by atoms with Crippen LogP contribution in [0.15, 0.2) is 97.7 Å². The Labute approximate surface area is 209 Å². The molecule has 0 spiro atoms. The molecule has 3 aliphatic heterocycles. The predicted octanol–water partition coefficient (Wildman–Crippen LogP) is 7.84. The van der Waals surface area contributed by atoms with Crippen molar-refractivity contribution in [2.75, 3.05) is 10.2 Å². The van der Waals surface area contributed by atoms with Crippen LogP contribution in [0.5, 0.6) is 0 Å². The molecule has 3 aromatic rings. The molecule has 0 unspecified atom stereocenters. The van der Waals surface area contributed by atoms with Gasteiger partial charge in [-0.25, -0.2) is 0 Å². The maximum atomic E-state index is 10.4. The number of amidine groups is 1. The standard InChI is InChI=1S/C25H14Cl2N4S2/c26-13-9-10-14(16(27)11-13)21-15(12-28)25-31(18-6-2-4-8-20(18)33-25)23(29)22(21)24-30-17-5-1-3-7-19(17)32-24/h1-11,21,29-30H/b24-22+,29-23?/t21-/m1/s1. The van der Waals surface area contributed by atoms with E-state index < -0.39 is 5.92 Å². The van der Waals surface area contributed by atoms with Crippen molar-refractivity contribution in [1.82, 2.24) is 0 Å². The number of fused-ring (bicyclic) bond motifs is 4. The van der Waals surface area contributed by atoms with Gasteiger partial charge in [0.05, 0.1) is 34.0 Å². The first kappa shape index (κ1) is 20.8. The van der Waals surface area contributed by atoms with Crippen LogP contribution in [0.2, 0.25) is 10.0 Å². The van der Waals surface area contributed by atoms with Gasteiger partial charge in [-0.1, -0.05) is 77.1 Å². The van der Waals surface area contributed by atoms with Gasteiger partial charge in [0, 0.05) is 25.4 Å². The molecule has 160 valence electrons. The van der Waals surface area contributed by atoms with Crippen LogP contribution in [0.3, 0.4) is 0 Å². The predicted molar refractivity (Wildman–Crippen MR) is 137 cm³/mol. The minimum absolute atomic E-state index is 0.334. The van der Waals surface area contributed by atoms with Crippen LogP contribution in [-0.2, 0) is 0 Å². The average Bonchev–Trinajstić information content (AvgIpc) is 3.40. The average molecular weight is 505 g/mol. The number of nitrogens with one attached hydrogen (secondary N) is 2. The summed E-state index contributed by atoms with van der Waals surface area (Å²) >= 11 is 15.9. The van der Waals surface area contributed by atoms with E-state index in [0.29, 0.717) is 21.5 Å². The Hall–Kier alpha value is -2.82. The monoisotopic (exact) mass is 504 g/mol. The highest BCUT2D eigenvalue weighted by Crippen LogP contribution is 2.56. The molecule has 33 heavy (non-hydrogen) atoms. The van der Waals surface area contributed by atoms with Crippen LogP contribution in [0.1, 0.15) is 11.5 Å². The number of benzene rings is 3. The highest BCUT2D eigenvalue weighted by Gasteiger charge is 2.44. The molecule has 0 aliphatic carbocycles. The van der Waals surface area contributed by atoms with Crippen molar-refractivity contribution in [2.45, 2.75) is 15.7 Å². The fourth-order valence-corrected chi connectivity index (χ4v) is 7.12. The lowest BCUT2D eigenvalue weighted by Crippen LogP contribution is -2.37. The number of nitriles is 1. The summed E-state index contributed by atoms with van der Waals surface area (Å²) in [6.07, 6.45) is 0. The van der Waals surface area contributed by atoms with Crippen LogP contribution in [0, 0.1) is 16.7 Å². The summed E-state index contributed by atoms with van der Waals surface area (Å²) in [6, 6.07) is 23.7. The van der Waals surface area contributed by atoms with Crippen molar-refractivity contribution in [3.8, 4) is 6.07 Å². The molecule has 2 N–H and O–H groups in total. The fraction of sp³-hybridized carbons (Fsp3) is 0.0400. The molecule has 0 aromatic heterocycles. The molecule has 3 heterocycles. The zero-order chi connectivity index (χ0) is 22.7. The smallest absolute Gasteiger partial charge is 0.137 e. The topological polar surface area (TPSA) is 62.9 Å². The highest BCUT2D eigenvalue weighted by atomic mass is 35.5. The fourth-order valence-electron chi connectivity index (χ4n) is 4.35. The van der Waals surface area contributed by atoms with Crippen molar-refractivity contribution in [3.63, 3.8) is 0 Å². The van der Waals surface area contributed by atoms with E-state index in [9.17, 15) is 10.7 Å². The van der Waals surface area contributed by atoms with Crippen molar-refractivity contribution >= 4 is 63.9 Å². The number of thioether (sulfide) groups is 2. The summed E-state index contributed by atoms with van der Waals surface area (Å²) in [4.78, 5) is 3.98. The molecule has 1 atom stereocenters. The number of allylic oxidation sites excluding steroid dienone is 1. The van der Waals surface area contributed by atoms with Gasteiger partial charge in [0.25, 0.3) is 0 Å². The molecular formula is C25H14Cl2N4S2. The molecule has 8 heteroatoms. The molecule has 0 amide bonds. The third-order valence-electron chi connectivity index (χ3n) is 5.79. The first-order valence-electron chi connectivity index (χ1n) is 10.1. The van der Waals surface area contributed by atoms with E-state index in [0.717, 1.165) is 42.4 Å². The third kappa shape index (κ3) is 3.19. The van der Waals surface area contributed by atoms with E-state index in [4.69, 9.17) is 23.2 Å². The summed E-state index contributed by atoms with van der Waals surface area (Å²) in [7, 11) is 0. The van der Waals surface area contributed by atoms with Gasteiger partial charge in [0.1, 0.15) is 10.9 Å². The van der Waals surface area contributed by atoms with Crippen molar-refractivity contribution in [1.29, 1.82) is 10.7 Å². The Kier molecular flexibility index (Phi) is 4.97. The largest absolute Gasteiger partial charge is 0.349 e. The third-order valence-corrected chi connectivity index (χ3v) is 8.61. The maximum Gasteiger partial charge on any atom is 0.137 e. The second kappa shape index (κ2) is 7.89. The highest BCUT2D eigenvalue weighted by molar-refractivity contribution is 8.04. The number of halogens is 2. The second-order valence-electron chi connectivity index (χ2n) is 7.65. The van der Waals surface area contributed by atoms with E-state index in [1.807, 2.05) is 59.5 Å². The van der Waals surface area contributed by atoms with Crippen LogP contribution >= 0.6 is 46.7 Å². The van der Waals surface area contributed by atoms with Crippen molar-refractivity contribution in [2.24, 2.45) is 0 Å². The van der Waals surface area contributed by atoms with E-state index >= 15 is 0 Å². The second-order valence-corrected chi connectivity index (χ2v) is 10.6. The van der Waals surface area contributed by atoms with Gasteiger partial charge in [-0.3, -0.25) is 10.3 Å². The minimum atomic E-state index is -0.496. The van der Waals surface area contributed by atoms with Crippen molar-refractivity contribution < 1.29 is 0 Å². The molecule has 0 saturated carbocycles. The molecule has 3 aliphatic rings. The van der Waals surface area contributed by atoms with Gasteiger partial charge in [-0.2, -0.15) is 5.26 Å².